The van der Waals surface area contributed by atoms with Crippen LogP contribution < -0.4 is 16.0 Å². The number of fused-ring (bicyclic) bond motifs is 1. The molecule has 0 saturated heterocycles. The summed E-state index contributed by atoms with van der Waals surface area (Å²) in [6.07, 6.45) is 1.44. The van der Waals surface area contributed by atoms with E-state index in [1.165, 1.54) is 11.1 Å². The van der Waals surface area contributed by atoms with Crippen molar-refractivity contribution in [3.05, 3.63) is 71.3 Å². The summed E-state index contributed by atoms with van der Waals surface area (Å²) in [6.45, 7) is 6.66. The molecule has 3 rings (SSSR count). The minimum atomic E-state index is -0.558. The molecule has 2 aromatic carbocycles. The number of carbonyl (C=O) groups excluding carboxylic acids is 2. The molecule has 1 aliphatic heterocycles. The van der Waals surface area contributed by atoms with E-state index in [-0.39, 0.29) is 29.8 Å². The third-order valence-electron chi connectivity index (χ3n) is 5.85. The quantitative estimate of drug-likeness (QED) is 0.677. The topological polar surface area (TPSA) is 70.2 Å². The largest absolute Gasteiger partial charge is 0.348 e. The van der Waals surface area contributed by atoms with Crippen molar-refractivity contribution in [3.63, 3.8) is 0 Å². The van der Waals surface area contributed by atoms with Crippen molar-refractivity contribution < 1.29 is 9.59 Å². The summed E-state index contributed by atoms with van der Waals surface area (Å²) in [7, 11) is 0. The first-order chi connectivity index (χ1) is 14.0. The molecule has 0 spiro atoms. The van der Waals surface area contributed by atoms with E-state index in [0.29, 0.717) is 13.0 Å². The zero-order valence-corrected chi connectivity index (χ0v) is 17.4. The minimum Gasteiger partial charge on any atom is -0.348 e. The average molecular weight is 394 g/mol. The van der Waals surface area contributed by atoms with Crippen LogP contribution in [0.1, 0.15) is 49.9 Å². The van der Waals surface area contributed by atoms with Crippen LogP contribution in [0.3, 0.4) is 0 Å². The molecule has 0 unspecified atom stereocenters. The van der Waals surface area contributed by atoms with Gasteiger partial charge in [-0.05, 0) is 36.0 Å². The minimum absolute atomic E-state index is 0.0396. The van der Waals surface area contributed by atoms with Gasteiger partial charge in [-0.3, -0.25) is 9.59 Å². The second kappa shape index (κ2) is 9.70. The molecule has 2 amide bonds. The molecule has 154 valence electrons. The molecular weight excluding hydrogens is 362 g/mol. The summed E-state index contributed by atoms with van der Waals surface area (Å²) in [5, 5.41) is 9.37. The van der Waals surface area contributed by atoms with Crippen LogP contribution >= 0.6 is 0 Å². The lowest BCUT2D eigenvalue weighted by atomic mass is 9.94. The average Bonchev–Trinajstić information content (AvgIpc) is 2.76. The zero-order chi connectivity index (χ0) is 20.8. The van der Waals surface area contributed by atoms with Gasteiger partial charge in [-0.2, -0.15) is 0 Å². The molecule has 2 aromatic rings. The predicted molar refractivity (Wildman–Crippen MR) is 115 cm³/mol. The van der Waals surface area contributed by atoms with Gasteiger partial charge in [0.05, 0.1) is 12.1 Å². The molecule has 1 heterocycles. The van der Waals surface area contributed by atoms with E-state index < -0.39 is 6.04 Å². The van der Waals surface area contributed by atoms with E-state index in [1.54, 1.807) is 0 Å². The molecule has 5 nitrogen and oxygen atoms in total. The Bertz CT molecular complexity index is 837. The highest BCUT2D eigenvalue weighted by Gasteiger charge is 2.31. The molecular formula is C24H31N3O2. The Hall–Kier alpha value is -2.66. The van der Waals surface area contributed by atoms with E-state index >= 15 is 0 Å². The van der Waals surface area contributed by atoms with Crippen LogP contribution in [-0.2, 0) is 22.6 Å². The molecule has 5 heteroatoms. The Balaban J connectivity index is 1.66. The van der Waals surface area contributed by atoms with Crippen LogP contribution in [0.25, 0.3) is 0 Å². The number of amides is 2. The first-order valence-corrected chi connectivity index (χ1v) is 10.5. The number of hydrogen-bond donors (Lipinski definition) is 3. The summed E-state index contributed by atoms with van der Waals surface area (Å²) in [5.74, 6) is -0.217. The van der Waals surface area contributed by atoms with Crippen molar-refractivity contribution in [1.29, 1.82) is 0 Å². The second-order valence-electron chi connectivity index (χ2n) is 7.92. The molecule has 4 atom stereocenters. The lowest BCUT2D eigenvalue weighted by Gasteiger charge is -2.30. The molecule has 0 aromatic heterocycles. The van der Waals surface area contributed by atoms with Gasteiger partial charge in [0.15, 0.2) is 0 Å². The molecule has 0 fully saturated rings. The highest BCUT2D eigenvalue weighted by molar-refractivity contribution is 5.90. The fraction of sp³-hybridized carbons (Fsp3) is 0.417. The van der Waals surface area contributed by atoms with E-state index in [4.69, 9.17) is 0 Å². The van der Waals surface area contributed by atoms with Crippen molar-refractivity contribution in [1.82, 2.24) is 16.0 Å². The SMILES string of the molecule is CC[C@@H](C)[C@H](NC(=O)[C@H]1Cc2ccccc2CN1)C(=O)N[C@H](C)c1ccccc1. The lowest BCUT2D eigenvalue weighted by molar-refractivity contribution is -0.131. The van der Waals surface area contributed by atoms with Crippen molar-refractivity contribution in [2.75, 3.05) is 0 Å². The van der Waals surface area contributed by atoms with Crippen molar-refractivity contribution >= 4 is 11.8 Å². The lowest BCUT2D eigenvalue weighted by Crippen LogP contribution is -2.56. The van der Waals surface area contributed by atoms with Gasteiger partial charge in [0.1, 0.15) is 6.04 Å². The fourth-order valence-electron chi connectivity index (χ4n) is 3.72. The van der Waals surface area contributed by atoms with Crippen LogP contribution in [0.4, 0.5) is 0 Å². The molecule has 1 aliphatic rings. The first-order valence-electron chi connectivity index (χ1n) is 10.5. The van der Waals surface area contributed by atoms with Gasteiger partial charge in [-0.25, -0.2) is 0 Å². The van der Waals surface area contributed by atoms with Gasteiger partial charge >= 0.3 is 0 Å². The third-order valence-corrected chi connectivity index (χ3v) is 5.85. The third kappa shape index (κ3) is 5.24. The first kappa shape index (κ1) is 21.1. The van der Waals surface area contributed by atoms with Crippen LogP contribution in [0.15, 0.2) is 54.6 Å². The normalized spacial score (nSPS) is 18.8. The van der Waals surface area contributed by atoms with Crippen LogP contribution in [0.5, 0.6) is 0 Å². The van der Waals surface area contributed by atoms with Gasteiger partial charge in [0, 0.05) is 6.54 Å². The summed E-state index contributed by atoms with van der Waals surface area (Å²) < 4.78 is 0. The van der Waals surface area contributed by atoms with Gasteiger partial charge in [-0.1, -0.05) is 74.9 Å². The number of nitrogens with one attached hydrogen (secondary N) is 3. The standard InChI is InChI=1S/C24H31N3O2/c1-4-16(2)22(24(29)26-17(3)18-10-6-5-7-11-18)27-23(28)21-14-19-12-8-9-13-20(19)15-25-21/h5-13,16-17,21-22,25H,4,14-15H2,1-3H3,(H,26,29)(H,27,28)/t16-,17-,21-,22+/m1/s1. The molecule has 0 bridgehead atoms. The Morgan fingerprint density at radius 1 is 1.00 bits per heavy atom. The Morgan fingerprint density at radius 3 is 2.34 bits per heavy atom. The maximum absolute atomic E-state index is 13.0. The van der Waals surface area contributed by atoms with Gasteiger partial charge in [0.25, 0.3) is 0 Å². The number of hydrogen-bond acceptors (Lipinski definition) is 3. The maximum atomic E-state index is 13.0. The number of benzene rings is 2. The fourth-order valence-corrected chi connectivity index (χ4v) is 3.72. The summed E-state index contributed by atoms with van der Waals surface area (Å²) in [5.41, 5.74) is 3.46. The van der Waals surface area contributed by atoms with Crippen LogP contribution in [0.2, 0.25) is 0 Å². The maximum Gasteiger partial charge on any atom is 0.243 e. The summed E-state index contributed by atoms with van der Waals surface area (Å²) in [6, 6.07) is 17.0. The zero-order valence-electron chi connectivity index (χ0n) is 17.4. The van der Waals surface area contributed by atoms with Crippen LogP contribution in [0, 0.1) is 5.92 Å². The molecule has 29 heavy (non-hydrogen) atoms. The summed E-state index contributed by atoms with van der Waals surface area (Å²) in [4.78, 5) is 25.9. The highest BCUT2D eigenvalue weighted by atomic mass is 16.2. The molecule has 0 saturated carbocycles. The molecule has 0 aliphatic carbocycles. The van der Waals surface area contributed by atoms with E-state index in [9.17, 15) is 9.59 Å². The number of carbonyl (C=O) groups is 2. The van der Waals surface area contributed by atoms with E-state index in [2.05, 4.69) is 28.1 Å². The van der Waals surface area contributed by atoms with Gasteiger partial charge < -0.3 is 16.0 Å². The monoisotopic (exact) mass is 393 g/mol. The smallest absolute Gasteiger partial charge is 0.243 e. The Morgan fingerprint density at radius 2 is 1.66 bits per heavy atom. The number of rotatable bonds is 7. The second-order valence-corrected chi connectivity index (χ2v) is 7.92. The Kier molecular flexibility index (Phi) is 7.04. The van der Waals surface area contributed by atoms with E-state index in [0.717, 1.165) is 12.0 Å². The van der Waals surface area contributed by atoms with Gasteiger partial charge in [-0.15, -0.1) is 0 Å². The van der Waals surface area contributed by atoms with Crippen molar-refractivity contribution in [2.24, 2.45) is 5.92 Å². The van der Waals surface area contributed by atoms with Crippen molar-refractivity contribution in [3.8, 4) is 0 Å². The Labute approximate surface area is 173 Å². The summed E-state index contributed by atoms with van der Waals surface area (Å²) >= 11 is 0. The highest BCUT2D eigenvalue weighted by Crippen LogP contribution is 2.18. The van der Waals surface area contributed by atoms with Gasteiger partial charge in [0.2, 0.25) is 11.8 Å². The molecule has 0 radical (unpaired) electrons. The predicted octanol–water partition coefficient (Wildman–Crippen LogP) is 3.11. The van der Waals surface area contributed by atoms with Crippen LogP contribution in [-0.4, -0.2) is 23.9 Å². The molecule has 3 N–H and O–H groups in total. The van der Waals surface area contributed by atoms with E-state index in [1.807, 2.05) is 63.2 Å². The van der Waals surface area contributed by atoms with Crippen molar-refractivity contribution in [2.45, 2.75) is 58.3 Å².